The van der Waals surface area contributed by atoms with Gasteiger partial charge in [-0.3, -0.25) is 0 Å². The maximum absolute atomic E-state index is 5.20. The summed E-state index contributed by atoms with van der Waals surface area (Å²) in [6, 6.07) is 0. The highest BCUT2D eigenvalue weighted by Gasteiger charge is 2.04. The Morgan fingerprint density at radius 1 is 1.46 bits per heavy atom. The van der Waals surface area contributed by atoms with Crippen LogP contribution in [0.3, 0.4) is 0 Å². The monoisotopic (exact) mass is 214 g/mol. The van der Waals surface area contributed by atoms with Crippen molar-refractivity contribution in [3.63, 3.8) is 0 Å². The van der Waals surface area contributed by atoms with E-state index in [1.807, 2.05) is 0 Å². The normalized spacial score (nSPS) is 10.5. The second kappa shape index (κ2) is 3.84. The van der Waals surface area contributed by atoms with Crippen LogP contribution >= 0.6 is 23.1 Å². The molecule has 2 aromatic rings. The summed E-state index contributed by atoms with van der Waals surface area (Å²) in [7, 11) is 0. The second-order valence-electron chi connectivity index (χ2n) is 2.21. The molecule has 13 heavy (non-hydrogen) atoms. The van der Waals surface area contributed by atoms with Gasteiger partial charge in [0, 0.05) is 6.92 Å². The van der Waals surface area contributed by atoms with Crippen LogP contribution in [-0.4, -0.2) is 20.4 Å². The average molecular weight is 214 g/mol. The SMILES string of the molecule is Cc1nnc(CSc2nncs2)o1. The molecule has 0 aliphatic carbocycles. The molecule has 0 amide bonds. The molecule has 0 bridgehead atoms. The Labute approximate surface area is 82.6 Å². The fourth-order valence-electron chi connectivity index (χ4n) is 0.745. The van der Waals surface area contributed by atoms with Crippen LogP contribution in [0, 0.1) is 6.92 Å². The molecule has 0 aliphatic heterocycles. The highest BCUT2D eigenvalue weighted by molar-refractivity contribution is 8.00. The largest absolute Gasteiger partial charge is 0.425 e. The molecule has 0 atom stereocenters. The number of aromatic nitrogens is 4. The summed E-state index contributed by atoms with van der Waals surface area (Å²) in [5.41, 5.74) is 1.70. The maximum atomic E-state index is 5.20. The number of nitrogens with zero attached hydrogens (tertiary/aromatic N) is 4. The van der Waals surface area contributed by atoms with Crippen molar-refractivity contribution in [1.82, 2.24) is 20.4 Å². The molecule has 0 fully saturated rings. The molecule has 0 aliphatic rings. The van der Waals surface area contributed by atoms with E-state index in [1.54, 1.807) is 24.2 Å². The van der Waals surface area contributed by atoms with E-state index in [1.165, 1.54) is 11.3 Å². The van der Waals surface area contributed by atoms with Crippen LogP contribution < -0.4 is 0 Å². The predicted molar refractivity (Wildman–Crippen MR) is 48.5 cm³/mol. The van der Waals surface area contributed by atoms with Crippen molar-refractivity contribution in [2.24, 2.45) is 0 Å². The van der Waals surface area contributed by atoms with Crippen LogP contribution in [0.1, 0.15) is 11.8 Å². The molecule has 5 nitrogen and oxygen atoms in total. The van der Waals surface area contributed by atoms with Gasteiger partial charge in [0.25, 0.3) is 0 Å². The van der Waals surface area contributed by atoms with Gasteiger partial charge in [-0.1, -0.05) is 23.1 Å². The molecule has 0 radical (unpaired) electrons. The molecule has 0 saturated heterocycles. The molecule has 0 N–H and O–H groups in total. The molecule has 0 saturated carbocycles. The first-order valence-electron chi connectivity index (χ1n) is 3.52. The lowest BCUT2D eigenvalue weighted by Crippen LogP contribution is -1.79. The fourth-order valence-corrected chi connectivity index (χ4v) is 2.07. The maximum Gasteiger partial charge on any atom is 0.226 e. The minimum Gasteiger partial charge on any atom is -0.425 e. The zero-order valence-corrected chi connectivity index (χ0v) is 8.43. The van der Waals surface area contributed by atoms with Crippen LogP contribution in [0.2, 0.25) is 0 Å². The van der Waals surface area contributed by atoms with Gasteiger partial charge in [-0.2, -0.15) is 0 Å². The molecular weight excluding hydrogens is 208 g/mol. The van der Waals surface area contributed by atoms with E-state index in [0.717, 1.165) is 4.34 Å². The first kappa shape index (κ1) is 8.64. The topological polar surface area (TPSA) is 64.7 Å². The number of aryl methyl sites for hydroxylation is 1. The van der Waals surface area contributed by atoms with E-state index in [2.05, 4.69) is 20.4 Å². The molecule has 2 rings (SSSR count). The quantitative estimate of drug-likeness (QED) is 0.722. The highest BCUT2D eigenvalue weighted by atomic mass is 32.2. The summed E-state index contributed by atoms with van der Waals surface area (Å²) in [4.78, 5) is 0. The van der Waals surface area contributed by atoms with Crippen molar-refractivity contribution in [2.75, 3.05) is 0 Å². The average Bonchev–Trinajstić information content (AvgIpc) is 2.71. The Morgan fingerprint density at radius 3 is 3.00 bits per heavy atom. The third-order valence-electron chi connectivity index (χ3n) is 1.23. The van der Waals surface area contributed by atoms with Gasteiger partial charge in [-0.05, 0) is 0 Å². The van der Waals surface area contributed by atoms with E-state index >= 15 is 0 Å². The lowest BCUT2D eigenvalue weighted by molar-refractivity contribution is 0.485. The summed E-state index contributed by atoms with van der Waals surface area (Å²) in [5, 5.41) is 15.2. The Balaban J connectivity index is 1.93. The first-order chi connectivity index (χ1) is 6.34. The van der Waals surface area contributed by atoms with Crippen molar-refractivity contribution in [3.05, 3.63) is 17.3 Å². The van der Waals surface area contributed by atoms with E-state index in [0.29, 0.717) is 17.5 Å². The van der Waals surface area contributed by atoms with Gasteiger partial charge >= 0.3 is 0 Å². The van der Waals surface area contributed by atoms with Gasteiger partial charge in [0.15, 0.2) is 4.34 Å². The smallest absolute Gasteiger partial charge is 0.226 e. The summed E-state index contributed by atoms with van der Waals surface area (Å²) in [6.07, 6.45) is 0. The number of rotatable bonds is 3. The molecule has 7 heteroatoms. The lowest BCUT2D eigenvalue weighted by atomic mass is 10.8. The third-order valence-corrected chi connectivity index (χ3v) is 3.07. The van der Waals surface area contributed by atoms with Gasteiger partial charge in [0.1, 0.15) is 5.51 Å². The molecule has 0 spiro atoms. The molecule has 0 aromatic carbocycles. The zero-order chi connectivity index (χ0) is 9.10. The second-order valence-corrected chi connectivity index (χ2v) is 4.26. The Kier molecular flexibility index (Phi) is 2.55. The molecule has 2 aromatic heterocycles. The molecule has 68 valence electrons. The Hall–Kier alpha value is -0.950. The van der Waals surface area contributed by atoms with Crippen LogP contribution in [0.25, 0.3) is 0 Å². The zero-order valence-electron chi connectivity index (χ0n) is 6.80. The predicted octanol–water partition coefficient (Wildman–Crippen LogP) is 1.52. The lowest BCUT2D eigenvalue weighted by Gasteiger charge is -1.88. The van der Waals surface area contributed by atoms with Gasteiger partial charge < -0.3 is 4.42 Å². The van der Waals surface area contributed by atoms with Crippen molar-refractivity contribution in [1.29, 1.82) is 0 Å². The summed E-state index contributed by atoms with van der Waals surface area (Å²) in [6.45, 7) is 1.77. The van der Waals surface area contributed by atoms with Gasteiger partial charge in [-0.25, -0.2) is 0 Å². The first-order valence-corrected chi connectivity index (χ1v) is 5.39. The third kappa shape index (κ3) is 2.25. The van der Waals surface area contributed by atoms with Crippen molar-refractivity contribution >= 4 is 23.1 Å². The summed E-state index contributed by atoms with van der Waals surface area (Å²) >= 11 is 3.04. The van der Waals surface area contributed by atoms with E-state index in [9.17, 15) is 0 Å². The number of hydrogen-bond donors (Lipinski definition) is 0. The number of thioether (sulfide) groups is 1. The summed E-state index contributed by atoms with van der Waals surface area (Å²) in [5.74, 6) is 1.86. The molecular formula is C6H6N4OS2. The standard InChI is InChI=1S/C6H6N4OS2/c1-4-8-9-5(11-4)2-12-6-10-7-3-13-6/h3H,2H2,1H3. The van der Waals surface area contributed by atoms with Gasteiger partial charge in [-0.15, -0.1) is 20.4 Å². The van der Waals surface area contributed by atoms with Crippen LogP contribution in [0.4, 0.5) is 0 Å². The van der Waals surface area contributed by atoms with Crippen LogP contribution in [0.5, 0.6) is 0 Å². The van der Waals surface area contributed by atoms with Gasteiger partial charge in [0.05, 0.1) is 5.75 Å². The Bertz CT molecular complexity index is 372. The minimum atomic E-state index is 0.591. The van der Waals surface area contributed by atoms with Crippen molar-refractivity contribution < 1.29 is 4.42 Å². The van der Waals surface area contributed by atoms with E-state index in [4.69, 9.17) is 4.42 Å². The van der Waals surface area contributed by atoms with E-state index < -0.39 is 0 Å². The van der Waals surface area contributed by atoms with Crippen LogP contribution in [-0.2, 0) is 5.75 Å². The summed E-state index contributed by atoms with van der Waals surface area (Å²) < 4.78 is 6.11. The fraction of sp³-hybridized carbons (Fsp3) is 0.333. The minimum absolute atomic E-state index is 0.591. The molecule has 2 heterocycles. The highest BCUT2D eigenvalue weighted by Crippen LogP contribution is 2.22. The van der Waals surface area contributed by atoms with Crippen LogP contribution in [0.15, 0.2) is 14.3 Å². The Morgan fingerprint density at radius 2 is 2.38 bits per heavy atom. The number of hydrogen-bond acceptors (Lipinski definition) is 7. The molecule has 0 unspecified atom stereocenters. The van der Waals surface area contributed by atoms with E-state index in [-0.39, 0.29) is 0 Å². The van der Waals surface area contributed by atoms with Gasteiger partial charge in [0.2, 0.25) is 11.8 Å². The van der Waals surface area contributed by atoms with Crippen molar-refractivity contribution in [3.8, 4) is 0 Å². The van der Waals surface area contributed by atoms with Crippen molar-refractivity contribution in [2.45, 2.75) is 17.0 Å².